The third kappa shape index (κ3) is 4.02. The maximum absolute atomic E-state index is 13.1. The number of rotatable bonds is 5. The maximum atomic E-state index is 13.1. The summed E-state index contributed by atoms with van der Waals surface area (Å²) in [6, 6.07) is 14.2. The largest absolute Gasteiger partial charge is 0.506 e. The van der Waals surface area contributed by atoms with Gasteiger partial charge in [-0.05, 0) is 74.4 Å². The third-order valence-corrected chi connectivity index (χ3v) is 6.83. The molecule has 2 N–H and O–H groups in total. The van der Waals surface area contributed by atoms with Crippen LogP contribution in [0.2, 0.25) is 0 Å². The predicted molar refractivity (Wildman–Crippen MR) is 115 cm³/mol. The van der Waals surface area contributed by atoms with E-state index < -0.39 is 9.84 Å². The van der Waals surface area contributed by atoms with Gasteiger partial charge in [-0.1, -0.05) is 17.7 Å². The van der Waals surface area contributed by atoms with Crippen molar-refractivity contribution >= 4 is 21.4 Å². The highest BCUT2D eigenvalue weighted by molar-refractivity contribution is 7.91. The molecule has 0 saturated carbocycles. The fourth-order valence-electron chi connectivity index (χ4n) is 2.99. The second-order valence-corrected chi connectivity index (χ2v) is 8.94. The van der Waals surface area contributed by atoms with Gasteiger partial charge in [0.05, 0.1) is 12.0 Å². The number of amides is 1. The normalized spacial score (nSPS) is 11.2. The van der Waals surface area contributed by atoms with E-state index in [0.29, 0.717) is 28.1 Å². The minimum absolute atomic E-state index is 0.0117. The number of anilines is 1. The van der Waals surface area contributed by atoms with Crippen molar-refractivity contribution in [2.24, 2.45) is 0 Å². The van der Waals surface area contributed by atoms with E-state index in [4.69, 9.17) is 4.74 Å². The van der Waals surface area contributed by atoms with Crippen LogP contribution < -0.4 is 10.1 Å². The Hall–Kier alpha value is -3.32. The molecule has 0 saturated heterocycles. The van der Waals surface area contributed by atoms with Crippen molar-refractivity contribution in [1.29, 1.82) is 0 Å². The first-order chi connectivity index (χ1) is 14.1. The highest BCUT2D eigenvalue weighted by Gasteiger charge is 2.25. The zero-order valence-corrected chi connectivity index (χ0v) is 18.0. The van der Waals surface area contributed by atoms with Gasteiger partial charge in [0.25, 0.3) is 5.91 Å². The number of phenolic OH excluding ortho intramolecular Hbond substituents is 1. The summed E-state index contributed by atoms with van der Waals surface area (Å²) in [5, 5.41) is 13.3. The van der Waals surface area contributed by atoms with E-state index in [2.05, 4.69) is 5.32 Å². The number of carbonyl (C=O) groups is 1. The van der Waals surface area contributed by atoms with Crippen LogP contribution >= 0.6 is 0 Å². The van der Waals surface area contributed by atoms with Gasteiger partial charge in [-0.3, -0.25) is 4.79 Å². The molecule has 0 bridgehead atoms. The molecule has 0 heterocycles. The Kier molecular flexibility index (Phi) is 5.85. The molecule has 0 atom stereocenters. The molecular formula is C23H23NO5S. The molecule has 1 amide bonds. The van der Waals surface area contributed by atoms with Gasteiger partial charge in [-0.15, -0.1) is 0 Å². The van der Waals surface area contributed by atoms with Crippen LogP contribution in [0.1, 0.15) is 27.0 Å². The van der Waals surface area contributed by atoms with Crippen molar-refractivity contribution in [2.45, 2.75) is 30.6 Å². The van der Waals surface area contributed by atoms with Crippen molar-refractivity contribution in [1.82, 2.24) is 0 Å². The van der Waals surface area contributed by atoms with Gasteiger partial charge in [0.2, 0.25) is 9.84 Å². The van der Waals surface area contributed by atoms with Gasteiger partial charge in [0.15, 0.2) is 0 Å². The lowest BCUT2D eigenvalue weighted by Crippen LogP contribution is -2.14. The summed E-state index contributed by atoms with van der Waals surface area (Å²) in [5.74, 6) is -0.183. The lowest BCUT2D eigenvalue weighted by atomic mass is 10.1. The Bertz CT molecular complexity index is 1200. The topological polar surface area (TPSA) is 92.7 Å². The quantitative estimate of drug-likeness (QED) is 0.591. The molecule has 156 valence electrons. The summed E-state index contributed by atoms with van der Waals surface area (Å²) < 4.78 is 31.4. The second-order valence-electron chi connectivity index (χ2n) is 7.02. The number of hydrogen-bond acceptors (Lipinski definition) is 5. The number of nitrogens with one attached hydrogen (secondary N) is 1. The molecular weight excluding hydrogens is 402 g/mol. The SMILES string of the molecule is COc1ccc(S(=O)(=O)c2cc(NC(=O)c3ccc(C)cc3)c(C)c(C)c2O)cc1. The molecule has 0 aliphatic rings. The number of sulfone groups is 1. The Labute approximate surface area is 176 Å². The van der Waals surface area contributed by atoms with Crippen molar-refractivity contribution in [3.63, 3.8) is 0 Å². The van der Waals surface area contributed by atoms with Crippen LogP contribution in [0.3, 0.4) is 0 Å². The molecule has 7 heteroatoms. The molecule has 0 aliphatic heterocycles. The summed E-state index contributed by atoms with van der Waals surface area (Å²) in [6.07, 6.45) is 0. The number of benzene rings is 3. The average Bonchev–Trinajstić information content (AvgIpc) is 2.74. The zero-order chi connectivity index (χ0) is 22.1. The molecule has 6 nitrogen and oxygen atoms in total. The molecule has 0 radical (unpaired) electrons. The van der Waals surface area contributed by atoms with E-state index in [1.54, 1.807) is 26.0 Å². The van der Waals surface area contributed by atoms with Crippen LogP contribution in [0, 0.1) is 20.8 Å². The first-order valence-corrected chi connectivity index (χ1v) is 10.7. The summed E-state index contributed by atoms with van der Waals surface area (Å²) in [7, 11) is -2.53. The van der Waals surface area contributed by atoms with Gasteiger partial charge < -0.3 is 15.2 Å². The summed E-state index contributed by atoms with van der Waals surface area (Å²) >= 11 is 0. The Morgan fingerprint density at radius 1 is 0.933 bits per heavy atom. The number of hydrogen-bond donors (Lipinski definition) is 2. The van der Waals surface area contributed by atoms with Gasteiger partial charge >= 0.3 is 0 Å². The van der Waals surface area contributed by atoms with Gasteiger partial charge in [-0.25, -0.2) is 8.42 Å². The number of aromatic hydroxyl groups is 1. The predicted octanol–water partition coefficient (Wildman–Crippen LogP) is 4.41. The fraction of sp³-hybridized carbons (Fsp3) is 0.174. The summed E-state index contributed by atoms with van der Waals surface area (Å²) in [5.41, 5.74) is 2.76. The standard InChI is InChI=1S/C23H23NO5S/c1-14-5-7-17(8-6-14)23(26)24-20-13-21(22(25)16(3)15(20)2)30(27,28)19-11-9-18(29-4)10-12-19/h5-13,25H,1-4H3,(H,24,26). The number of methoxy groups -OCH3 is 1. The van der Waals surface area contributed by atoms with E-state index in [1.807, 2.05) is 19.1 Å². The lowest BCUT2D eigenvalue weighted by molar-refractivity contribution is 0.102. The molecule has 3 aromatic rings. The van der Waals surface area contributed by atoms with E-state index in [9.17, 15) is 18.3 Å². The van der Waals surface area contributed by atoms with E-state index in [0.717, 1.165) is 5.56 Å². The van der Waals surface area contributed by atoms with Crippen molar-refractivity contribution in [3.8, 4) is 11.5 Å². The molecule has 0 fully saturated rings. The number of aryl methyl sites for hydroxylation is 1. The maximum Gasteiger partial charge on any atom is 0.255 e. The first kappa shape index (κ1) is 21.4. The number of ether oxygens (including phenoxy) is 1. The van der Waals surface area contributed by atoms with Crippen LogP contribution in [0.5, 0.6) is 11.5 Å². The Morgan fingerprint density at radius 3 is 2.10 bits per heavy atom. The molecule has 0 spiro atoms. The monoisotopic (exact) mass is 425 g/mol. The van der Waals surface area contributed by atoms with Crippen LogP contribution in [0.25, 0.3) is 0 Å². The minimum Gasteiger partial charge on any atom is -0.506 e. The smallest absolute Gasteiger partial charge is 0.255 e. The van der Waals surface area contributed by atoms with Gasteiger partial charge in [0.1, 0.15) is 16.4 Å². The molecule has 30 heavy (non-hydrogen) atoms. The highest BCUT2D eigenvalue weighted by atomic mass is 32.2. The minimum atomic E-state index is -4.02. The van der Waals surface area contributed by atoms with Crippen LogP contribution in [0.15, 0.2) is 64.4 Å². The van der Waals surface area contributed by atoms with Crippen molar-refractivity contribution < 1.29 is 23.1 Å². The second kappa shape index (κ2) is 8.20. The van der Waals surface area contributed by atoms with Crippen LogP contribution in [0.4, 0.5) is 5.69 Å². The first-order valence-electron chi connectivity index (χ1n) is 9.25. The Balaban J connectivity index is 2.04. The average molecular weight is 426 g/mol. The molecule has 0 unspecified atom stereocenters. The summed E-state index contributed by atoms with van der Waals surface area (Å²) in [6.45, 7) is 5.24. The summed E-state index contributed by atoms with van der Waals surface area (Å²) in [4.78, 5) is 12.4. The van der Waals surface area contributed by atoms with E-state index in [-0.39, 0.29) is 21.4 Å². The van der Waals surface area contributed by atoms with Crippen LogP contribution in [-0.4, -0.2) is 26.5 Å². The highest BCUT2D eigenvalue weighted by Crippen LogP contribution is 2.37. The Morgan fingerprint density at radius 2 is 1.53 bits per heavy atom. The van der Waals surface area contributed by atoms with Crippen molar-refractivity contribution in [3.05, 3.63) is 76.9 Å². The fourth-order valence-corrected chi connectivity index (χ4v) is 4.42. The van der Waals surface area contributed by atoms with Crippen LogP contribution in [-0.2, 0) is 9.84 Å². The zero-order valence-electron chi connectivity index (χ0n) is 17.2. The third-order valence-electron chi connectivity index (χ3n) is 5.05. The molecule has 0 aliphatic carbocycles. The number of carbonyl (C=O) groups excluding carboxylic acids is 1. The van der Waals surface area contributed by atoms with Gasteiger partial charge in [0, 0.05) is 11.3 Å². The van der Waals surface area contributed by atoms with Crippen molar-refractivity contribution in [2.75, 3.05) is 12.4 Å². The molecule has 3 aromatic carbocycles. The molecule has 0 aromatic heterocycles. The number of phenols is 1. The van der Waals surface area contributed by atoms with Gasteiger partial charge in [-0.2, -0.15) is 0 Å². The van der Waals surface area contributed by atoms with E-state index in [1.165, 1.54) is 37.4 Å². The molecule has 3 rings (SSSR count). The lowest BCUT2D eigenvalue weighted by Gasteiger charge is -2.16. The van der Waals surface area contributed by atoms with E-state index >= 15 is 0 Å².